The number of sulfonamides is 1. The lowest BCUT2D eigenvalue weighted by atomic mass is 10.3. The first-order valence-electron chi connectivity index (χ1n) is 8.66. The molecule has 27 heavy (non-hydrogen) atoms. The Morgan fingerprint density at radius 3 is 2.70 bits per heavy atom. The first-order valence-corrected chi connectivity index (χ1v) is 11.5. The van der Waals surface area contributed by atoms with Crippen LogP contribution >= 0.6 is 11.8 Å². The van der Waals surface area contributed by atoms with Gasteiger partial charge in [0.15, 0.2) is 5.96 Å². The summed E-state index contributed by atoms with van der Waals surface area (Å²) in [5, 5.41) is 16.9. The highest BCUT2D eigenvalue weighted by Crippen LogP contribution is 2.16. The summed E-state index contributed by atoms with van der Waals surface area (Å²) in [5.41, 5.74) is -0.265. The number of nitro benzene ring substituents is 1. The van der Waals surface area contributed by atoms with E-state index in [-0.39, 0.29) is 17.1 Å². The standard InChI is InChI=1S/C16H27N5O4S2/c1-3-17-16(18-9-4-5-12-26-2)19-10-11-20-27(24,25)15-8-6-7-14(13-15)21(22)23/h6-8,13,20H,3-5,9-12H2,1-2H3,(H2,17,18,19). The van der Waals surface area contributed by atoms with Gasteiger partial charge in [0.1, 0.15) is 0 Å². The van der Waals surface area contributed by atoms with Gasteiger partial charge in [0, 0.05) is 38.3 Å². The molecule has 0 fully saturated rings. The number of nitro groups is 1. The molecule has 0 aliphatic rings. The second-order valence-corrected chi connectivity index (χ2v) is 8.29. The van der Waals surface area contributed by atoms with Crippen molar-refractivity contribution in [1.29, 1.82) is 0 Å². The Bertz CT molecular complexity index is 725. The van der Waals surface area contributed by atoms with Crippen LogP contribution in [0.2, 0.25) is 0 Å². The van der Waals surface area contributed by atoms with Crippen molar-refractivity contribution in [2.75, 3.05) is 38.2 Å². The monoisotopic (exact) mass is 417 g/mol. The zero-order chi connectivity index (χ0) is 20.1. The Balaban J connectivity index is 2.50. The average Bonchev–Trinajstić information content (AvgIpc) is 2.65. The zero-order valence-electron chi connectivity index (χ0n) is 15.6. The number of hydrogen-bond acceptors (Lipinski definition) is 6. The summed E-state index contributed by atoms with van der Waals surface area (Å²) < 4.78 is 26.9. The maximum atomic E-state index is 12.2. The van der Waals surface area contributed by atoms with E-state index < -0.39 is 14.9 Å². The molecule has 9 nitrogen and oxygen atoms in total. The van der Waals surface area contributed by atoms with E-state index in [0.29, 0.717) is 25.6 Å². The van der Waals surface area contributed by atoms with Crippen LogP contribution in [0.3, 0.4) is 0 Å². The normalized spacial score (nSPS) is 12.0. The number of rotatable bonds is 12. The van der Waals surface area contributed by atoms with E-state index in [0.717, 1.165) is 24.7 Å². The van der Waals surface area contributed by atoms with E-state index in [1.807, 2.05) is 18.7 Å². The molecule has 1 aromatic carbocycles. The molecule has 0 saturated carbocycles. The molecule has 0 radical (unpaired) electrons. The largest absolute Gasteiger partial charge is 0.357 e. The molecule has 0 saturated heterocycles. The third kappa shape index (κ3) is 9.07. The Morgan fingerprint density at radius 1 is 1.26 bits per heavy atom. The van der Waals surface area contributed by atoms with Gasteiger partial charge in [0.25, 0.3) is 5.69 Å². The predicted octanol–water partition coefficient (Wildman–Crippen LogP) is 1.57. The smallest absolute Gasteiger partial charge is 0.270 e. The van der Waals surface area contributed by atoms with E-state index in [2.05, 4.69) is 26.6 Å². The number of hydrogen-bond donors (Lipinski definition) is 3. The minimum atomic E-state index is -3.81. The van der Waals surface area contributed by atoms with Crippen LogP contribution in [-0.4, -0.2) is 57.5 Å². The molecule has 0 spiro atoms. The quantitative estimate of drug-likeness (QED) is 0.155. The van der Waals surface area contributed by atoms with Gasteiger partial charge in [-0.05, 0) is 37.8 Å². The minimum Gasteiger partial charge on any atom is -0.357 e. The fourth-order valence-corrected chi connectivity index (χ4v) is 3.67. The SMILES string of the molecule is CCNC(=NCCCCSC)NCCNS(=O)(=O)c1cccc([N+](=O)[O-])c1. The van der Waals surface area contributed by atoms with E-state index in [1.54, 1.807) is 0 Å². The van der Waals surface area contributed by atoms with Crippen molar-refractivity contribution in [3.8, 4) is 0 Å². The lowest BCUT2D eigenvalue weighted by molar-refractivity contribution is -0.385. The van der Waals surface area contributed by atoms with Crippen LogP contribution in [0.15, 0.2) is 34.2 Å². The van der Waals surface area contributed by atoms with Crippen molar-refractivity contribution >= 4 is 33.4 Å². The maximum Gasteiger partial charge on any atom is 0.270 e. The summed E-state index contributed by atoms with van der Waals surface area (Å²) >= 11 is 1.81. The second-order valence-electron chi connectivity index (χ2n) is 5.54. The van der Waals surface area contributed by atoms with Gasteiger partial charge in [0.2, 0.25) is 10.0 Å². The molecule has 0 aliphatic heterocycles. The van der Waals surface area contributed by atoms with Crippen LogP contribution in [0.1, 0.15) is 19.8 Å². The van der Waals surface area contributed by atoms with Crippen molar-refractivity contribution in [3.05, 3.63) is 34.4 Å². The third-order valence-electron chi connectivity index (χ3n) is 3.42. The van der Waals surface area contributed by atoms with Gasteiger partial charge < -0.3 is 10.6 Å². The van der Waals surface area contributed by atoms with Gasteiger partial charge in [-0.1, -0.05) is 6.07 Å². The van der Waals surface area contributed by atoms with E-state index in [4.69, 9.17) is 0 Å². The highest BCUT2D eigenvalue weighted by atomic mass is 32.2. The topological polar surface area (TPSA) is 126 Å². The van der Waals surface area contributed by atoms with Crippen LogP contribution in [-0.2, 0) is 10.0 Å². The van der Waals surface area contributed by atoms with Crippen molar-refractivity contribution in [2.45, 2.75) is 24.7 Å². The number of unbranched alkanes of at least 4 members (excludes halogenated alkanes) is 1. The fourth-order valence-electron chi connectivity index (χ4n) is 2.10. The average molecular weight is 418 g/mol. The molecule has 1 aromatic rings. The Labute approximate surface area is 164 Å². The summed E-state index contributed by atoms with van der Waals surface area (Å²) in [6, 6.07) is 4.95. The summed E-state index contributed by atoms with van der Waals surface area (Å²) in [4.78, 5) is 14.5. The number of benzene rings is 1. The lowest BCUT2D eigenvalue weighted by Crippen LogP contribution is -2.41. The maximum absolute atomic E-state index is 12.2. The van der Waals surface area contributed by atoms with Crippen molar-refractivity contribution in [1.82, 2.24) is 15.4 Å². The number of nitrogens with zero attached hydrogens (tertiary/aromatic N) is 2. The van der Waals surface area contributed by atoms with Crippen LogP contribution in [0, 0.1) is 10.1 Å². The molecule has 0 aromatic heterocycles. The number of guanidine groups is 1. The zero-order valence-corrected chi connectivity index (χ0v) is 17.2. The molecule has 11 heteroatoms. The van der Waals surface area contributed by atoms with E-state index in [1.165, 1.54) is 18.2 Å². The molecule has 3 N–H and O–H groups in total. The molecule has 152 valence electrons. The number of non-ortho nitro benzene ring substituents is 1. The van der Waals surface area contributed by atoms with Crippen molar-refractivity contribution in [3.63, 3.8) is 0 Å². The molecular formula is C16H27N5O4S2. The van der Waals surface area contributed by atoms with Crippen LogP contribution in [0.5, 0.6) is 0 Å². The number of nitrogens with one attached hydrogen (secondary N) is 3. The molecule has 0 atom stereocenters. The van der Waals surface area contributed by atoms with Gasteiger partial charge in [0.05, 0.1) is 9.82 Å². The number of aliphatic imine (C=N–C) groups is 1. The van der Waals surface area contributed by atoms with Gasteiger partial charge in [-0.25, -0.2) is 13.1 Å². The second kappa shape index (κ2) is 12.5. The van der Waals surface area contributed by atoms with Crippen LogP contribution in [0.4, 0.5) is 5.69 Å². The lowest BCUT2D eigenvalue weighted by Gasteiger charge is -2.12. The Morgan fingerprint density at radius 2 is 2.04 bits per heavy atom. The Kier molecular flexibility index (Phi) is 10.8. The highest BCUT2D eigenvalue weighted by Gasteiger charge is 2.16. The predicted molar refractivity (Wildman–Crippen MR) is 110 cm³/mol. The molecule has 1 rings (SSSR count). The fraction of sp³-hybridized carbons (Fsp3) is 0.562. The van der Waals surface area contributed by atoms with Crippen LogP contribution < -0.4 is 15.4 Å². The minimum absolute atomic E-state index is 0.127. The van der Waals surface area contributed by atoms with E-state index in [9.17, 15) is 18.5 Å². The Hall–Kier alpha value is -1.85. The summed E-state index contributed by atoms with van der Waals surface area (Å²) in [7, 11) is -3.81. The molecular weight excluding hydrogens is 390 g/mol. The molecule has 0 aliphatic carbocycles. The van der Waals surface area contributed by atoms with Crippen LogP contribution in [0.25, 0.3) is 0 Å². The third-order valence-corrected chi connectivity index (χ3v) is 5.57. The molecule has 0 heterocycles. The highest BCUT2D eigenvalue weighted by molar-refractivity contribution is 7.98. The van der Waals surface area contributed by atoms with Gasteiger partial charge in [-0.3, -0.25) is 15.1 Å². The van der Waals surface area contributed by atoms with E-state index >= 15 is 0 Å². The van der Waals surface area contributed by atoms with Gasteiger partial charge >= 0.3 is 0 Å². The van der Waals surface area contributed by atoms with Crippen molar-refractivity contribution < 1.29 is 13.3 Å². The van der Waals surface area contributed by atoms with Gasteiger partial charge in [-0.2, -0.15) is 11.8 Å². The number of thioether (sulfide) groups is 1. The molecule has 0 amide bonds. The first-order chi connectivity index (χ1) is 12.9. The summed E-state index contributed by atoms with van der Waals surface area (Å²) in [5.74, 6) is 1.75. The first kappa shape index (κ1) is 23.2. The van der Waals surface area contributed by atoms with Gasteiger partial charge in [-0.15, -0.1) is 0 Å². The van der Waals surface area contributed by atoms with Crippen molar-refractivity contribution in [2.24, 2.45) is 4.99 Å². The molecule has 0 unspecified atom stereocenters. The summed E-state index contributed by atoms with van der Waals surface area (Å²) in [6.45, 7) is 3.83. The summed E-state index contributed by atoms with van der Waals surface area (Å²) in [6.07, 6.45) is 4.17. The molecule has 0 bridgehead atoms.